The maximum absolute atomic E-state index is 13.2. The Labute approximate surface area is 200 Å². The van der Waals surface area contributed by atoms with E-state index in [0.717, 1.165) is 5.56 Å². The molecule has 176 valence electrons. The number of hydrogen-bond donors (Lipinski definition) is 2. The van der Waals surface area contributed by atoms with Crippen LogP contribution in [0.1, 0.15) is 27.8 Å². The molecule has 2 aromatic heterocycles. The second-order valence-electron chi connectivity index (χ2n) is 7.86. The van der Waals surface area contributed by atoms with Crippen molar-refractivity contribution in [2.24, 2.45) is 0 Å². The highest BCUT2D eigenvalue weighted by Crippen LogP contribution is 2.29. The van der Waals surface area contributed by atoms with Gasteiger partial charge in [-0.2, -0.15) is 5.26 Å². The quantitative estimate of drug-likeness (QED) is 0.407. The zero-order chi connectivity index (χ0) is 24.4. The number of fused-ring (bicyclic) bond motifs is 1. The second kappa shape index (κ2) is 9.52. The molecule has 1 saturated heterocycles. The molecule has 1 aliphatic rings. The van der Waals surface area contributed by atoms with E-state index in [0.29, 0.717) is 17.3 Å². The average Bonchev–Trinajstić information content (AvgIpc) is 3.25. The van der Waals surface area contributed by atoms with Crippen molar-refractivity contribution in [3.05, 3.63) is 83.7 Å². The molecule has 2 aromatic carbocycles. The predicted molar refractivity (Wildman–Crippen MR) is 124 cm³/mol. The van der Waals surface area contributed by atoms with E-state index in [2.05, 4.69) is 21.5 Å². The Balaban J connectivity index is 1.41. The Morgan fingerprint density at radius 1 is 1.23 bits per heavy atom. The van der Waals surface area contributed by atoms with Gasteiger partial charge in [-0.25, -0.2) is 9.50 Å². The van der Waals surface area contributed by atoms with E-state index in [1.54, 1.807) is 31.4 Å². The third-order valence-electron chi connectivity index (χ3n) is 5.59. The first-order valence-corrected chi connectivity index (χ1v) is 10.8. The first kappa shape index (κ1) is 22.5. The summed E-state index contributed by atoms with van der Waals surface area (Å²) in [5, 5.41) is 27.6. The number of aliphatic hydroxyl groups excluding tert-OH is 1. The van der Waals surface area contributed by atoms with Gasteiger partial charge in [-0.1, -0.05) is 30.3 Å². The number of benzene rings is 2. The van der Waals surface area contributed by atoms with Gasteiger partial charge < -0.3 is 24.6 Å². The number of nitrogens with zero attached hydrogens (tertiary/aromatic N) is 4. The topological polar surface area (TPSA) is 131 Å². The fourth-order valence-corrected chi connectivity index (χ4v) is 3.79. The molecule has 0 radical (unpaired) electrons. The van der Waals surface area contributed by atoms with E-state index in [1.165, 1.54) is 16.9 Å². The smallest absolute Gasteiger partial charge is 0.197 e. The summed E-state index contributed by atoms with van der Waals surface area (Å²) < 4.78 is 17.9. The molecule has 3 atom stereocenters. The molecular weight excluding hydrogens is 450 g/mol. The minimum absolute atomic E-state index is 0.0537. The van der Waals surface area contributed by atoms with Crippen LogP contribution in [0.15, 0.2) is 67.0 Å². The monoisotopic (exact) mass is 471 g/mol. The normalized spacial score (nSPS) is 19.7. The molecule has 10 nitrogen and oxygen atoms in total. The highest BCUT2D eigenvalue weighted by molar-refractivity contribution is 5.99. The van der Waals surface area contributed by atoms with Gasteiger partial charge in [0.2, 0.25) is 0 Å². The number of ether oxygens (including phenoxy) is 3. The van der Waals surface area contributed by atoms with Crippen LogP contribution in [0.25, 0.3) is 5.65 Å². The van der Waals surface area contributed by atoms with Crippen LogP contribution >= 0.6 is 0 Å². The molecule has 0 bridgehead atoms. The molecule has 1 aliphatic heterocycles. The lowest BCUT2D eigenvalue weighted by Gasteiger charge is -2.33. The maximum atomic E-state index is 13.2. The molecule has 2 N–H and O–H groups in total. The van der Waals surface area contributed by atoms with E-state index in [1.807, 2.05) is 30.3 Å². The largest absolute Gasteiger partial charge is 0.497 e. The standard InChI is InChI=1S/C25H21N5O5/c1-33-18-9-7-17(8-10-18)28-23-19(11-26)24-27-12-16(13-30(24)29-23)21(32)22-20(31)14-34-25(35-22)15-5-3-2-4-6-15/h2-10,12-13,20,22,25,31H,14H2,1H3,(H,28,29)/t20-,22-,25-/m1/s1. The van der Waals surface area contributed by atoms with Crippen LogP contribution in [0.2, 0.25) is 0 Å². The lowest BCUT2D eigenvalue weighted by Crippen LogP contribution is -2.45. The van der Waals surface area contributed by atoms with E-state index in [-0.39, 0.29) is 23.4 Å². The minimum Gasteiger partial charge on any atom is -0.497 e. The maximum Gasteiger partial charge on any atom is 0.197 e. The van der Waals surface area contributed by atoms with Gasteiger partial charge in [-0.3, -0.25) is 4.79 Å². The number of carbonyl (C=O) groups excluding carboxylic acids is 1. The highest BCUT2D eigenvalue weighted by Gasteiger charge is 2.37. The van der Waals surface area contributed by atoms with Crippen molar-refractivity contribution in [1.82, 2.24) is 14.6 Å². The lowest BCUT2D eigenvalue weighted by molar-refractivity contribution is -0.242. The number of Topliss-reactive ketones (excluding diaryl/α,β-unsaturated/α-hetero) is 1. The number of ketones is 1. The Bertz CT molecular complexity index is 1400. The third-order valence-corrected chi connectivity index (χ3v) is 5.59. The number of nitrogens with one attached hydrogen (secondary N) is 1. The Hall–Kier alpha value is -4.30. The number of anilines is 2. The molecule has 1 fully saturated rings. The van der Waals surface area contributed by atoms with Crippen molar-refractivity contribution in [3.8, 4) is 11.8 Å². The predicted octanol–water partition coefficient (Wildman–Crippen LogP) is 3.01. The van der Waals surface area contributed by atoms with E-state index < -0.39 is 24.3 Å². The number of nitriles is 1. The molecule has 35 heavy (non-hydrogen) atoms. The number of aliphatic hydroxyl groups is 1. The summed E-state index contributed by atoms with van der Waals surface area (Å²) in [6.07, 6.45) is -0.247. The molecule has 0 amide bonds. The Morgan fingerprint density at radius 3 is 2.71 bits per heavy atom. The molecule has 0 spiro atoms. The summed E-state index contributed by atoms with van der Waals surface area (Å²) in [6.45, 7) is -0.0537. The first-order valence-electron chi connectivity index (χ1n) is 10.8. The van der Waals surface area contributed by atoms with E-state index >= 15 is 0 Å². The van der Waals surface area contributed by atoms with Crippen LogP contribution in [-0.4, -0.2) is 51.4 Å². The van der Waals surface area contributed by atoms with Gasteiger partial charge in [-0.15, -0.1) is 5.10 Å². The van der Waals surface area contributed by atoms with Gasteiger partial charge in [-0.05, 0) is 24.3 Å². The van der Waals surface area contributed by atoms with Gasteiger partial charge in [0, 0.05) is 23.6 Å². The zero-order valence-electron chi connectivity index (χ0n) is 18.7. The van der Waals surface area contributed by atoms with Gasteiger partial charge in [0.15, 0.2) is 29.6 Å². The molecule has 0 saturated carbocycles. The summed E-state index contributed by atoms with van der Waals surface area (Å²) in [6, 6.07) is 18.4. The summed E-state index contributed by atoms with van der Waals surface area (Å²) in [5.74, 6) is 0.527. The fraction of sp³-hybridized carbons (Fsp3) is 0.200. The first-order chi connectivity index (χ1) is 17.1. The summed E-state index contributed by atoms with van der Waals surface area (Å²) in [7, 11) is 1.58. The number of rotatable bonds is 6. The average molecular weight is 471 g/mol. The van der Waals surface area contributed by atoms with Crippen molar-refractivity contribution in [2.45, 2.75) is 18.5 Å². The van der Waals surface area contributed by atoms with Crippen LogP contribution in [0.5, 0.6) is 5.75 Å². The van der Waals surface area contributed by atoms with Crippen LogP contribution in [0, 0.1) is 11.3 Å². The number of carbonyl (C=O) groups is 1. The SMILES string of the molecule is COc1ccc(Nc2nn3cc(C(=O)[C@@H]4O[C@H](c5ccccc5)OC[C@H]4O)cnc3c2C#N)cc1. The summed E-state index contributed by atoms with van der Waals surface area (Å²) >= 11 is 0. The summed E-state index contributed by atoms with van der Waals surface area (Å²) in [4.78, 5) is 17.5. The fourth-order valence-electron chi connectivity index (χ4n) is 3.79. The highest BCUT2D eigenvalue weighted by atomic mass is 16.7. The summed E-state index contributed by atoms with van der Waals surface area (Å²) in [5.41, 5.74) is 2.14. The van der Waals surface area contributed by atoms with Gasteiger partial charge >= 0.3 is 0 Å². The second-order valence-corrected chi connectivity index (χ2v) is 7.86. The van der Waals surface area contributed by atoms with Crippen molar-refractivity contribution >= 4 is 22.9 Å². The van der Waals surface area contributed by atoms with Crippen molar-refractivity contribution in [3.63, 3.8) is 0 Å². The molecule has 3 heterocycles. The van der Waals surface area contributed by atoms with Crippen molar-refractivity contribution in [1.29, 1.82) is 5.26 Å². The zero-order valence-corrected chi connectivity index (χ0v) is 18.7. The van der Waals surface area contributed by atoms with Gasteiger partial charge in [0.05, 0.1) is 19.3 Å². The lowest BCUT2D eigenvalue weighted by atomic mass is 10.0. The van der Waals surface area contributed by atoms with Crippen LogP contribution in [-0.2, 0) is 9.47 Å². The van der Waals surface area contributed by atoms with Gasteiger partial charge in [0.25, 0.3) is 0 Å². The number of hydrogen-bond acceptors (Lipinski definition) is 9. The molecule has 5 rings (SSSR count). The number of aromatic nitrogens is 3. The third kappa shape index (κ3) is 4.43. The Kier molecular flexibility index (Phi) is 6.12. The molecule has 0 unspecified atom stereocenters. The van der Waals surface area contributed by atoms with Crippen LogP contribution in [0.3, 0.4) is 0 Å². The minimum atomic E-state index is -1.14. The Morgan fingerprint density at radius 2 is 2.00 bits per heavy atom. The van der Waals surface area contributed by atoms with Crippen molar-refractivity contribution < 1.29 is 24.1 Å². The molecular formula is C25H21N5O5. The van der Waals surface area contributed by atoms with E-state index in [9.17, 15) is 15.2 Å². The van der Waals surface area contributed by atoms with Gasteiger partial charge in [0.1, 0.15) is 23.5 Å². The van der Waals surface area contributed by atoms with E-state index in [4.69, 9.17) is 14.2 Å². The molecule has 10 heteroatoms. The van der Waals surface area contributed by atoms with Crippen LogP contribution in [0.4, 0.5) is 11.5 Å². The van der Waals surface area contributed by atoms with Crippen molar-refractivity contribution in [2.75, 3.05) is 19.0 Å². The number of methoxy groups -OCH3 is 1. The molecule has 0 aliphatic carbocycles. The van der Waals surface area contributed by atoms with Crippen LogP contribution < -0.4 is 10.1 Å². The molecule has 4 aromatic rings.